The van der Waals surface area contributed by atoms with Gasteiger partial charge in [-0.1, -0.05) is 6.58 Å². The van der Waals surface area contributed by atoms with Gasteiger partial charge in [-0.05, 0) is 24.6 Å². The molecule has 2 heteroatoms. The zero-order valence-corrected chi connectivity index (χ0v) is 6.87. The molecule has 2 nitrogen and oxygen atoms in total. The van der Waals surface area contributed by atoms with Gasteiger partial charge in [-0.2, -0.15) is 0 Å². The first-order chi connectivity index (χ1) is 5.77. The summed E-state index contributed by atoms with van der Waals surface area (Å²) in [7, 11) is 0. The van der Waals surface area contributed by atoms with Crippen LogP contribution < -0.4 is 0 Å². The number of hydrogen-bond donors (Lipinski definition) is 0. The Bertz CT molecular complexity index is 395. The Morgan fingerprint density at radius 2 is 2.42 bits per heavy atom. The largest absolute Gasteiger partial charge is 0.456 e. The van der Waals surface area contributed by atoms with Crippen LogP contribution in [0.15, 0.2) is 35.5 Å². The van der Waals surface area contributed by atoms with Crippen molar-refractivity contribution in [1.82, 2.24) is 4.98 Å². The summed E-state index contributed by atoms with van der Waals surface area (Å²) >= 11 is 0. The van der Waals surface area contributed by atoms with E-state index in [9.17, 15) is 0 Å². The van der Waals surface area contributed by atoms with Crippen molar-refractivity contribution in [1.29, 1.82) is 0 Å². The molecule has 0 aliphatic heterocycles. The van der Waals surface area contributed by atoms with E-state index in [1.165, 1.54) is 0 Å². The molecule has 0 bridgehead atoms. The molecule has 60 valence electrons. The molecule has 0 spiro atoms. The van der Waals surface area contributed by atoms with E-state index in [-0.39, 0.29) is 0 Å². The van der Waals surface area contributed by atoms with Gasteiger partial charge in [0.25, 0.3) is 0 Å². The summed E-state index contributed by atoms with van der Waals surface area (Å²) in [5.74, 6) is 0.831. The summed E-state index contributed by atoms with van der Waals surface area (Å²) in [6.45, 7) is 5.73. The summed E-state index contributed by atoms with van der Waals surface area (Å²) < 4.78 is 5.49. The number of rotatable bonds is 1. The summed E-state index contributed by atoms with van der Waals surface area (Å²) in [6.07, 6.45) is 3.50. The van der Waals surface area contributed by atoms with Gasteiger partial charge in [-0.15, -0.1) is 0 Å². The Kier molecular flexibility index (Phi) is 1.47. The van der Waals surface area contributed by atoms with Crippen molar-refractivity contribution in [3.05, 3.63) is 36.9 Å². The van der Waals surface area contributed by atoms with E-state index in [0.717, 1.165) is 22.3 Å². The van der Waals surface area contributed by atoms with Gasteiger partial charge in [0.2, 0.25) is 0 Å². The predicted molar refractivity (Wildman–Crippen MR) is 48.7 cm³/mol. The number of nitrogens with zero attached hydrogens (tertiary/aromatic N) is 1. The lowest BCUT2D eigenvalue weighted by Gasteiger charge is -1.87. The van der Waals surface area contributed by atoms with E-state index in [1.54, 1.807) is 12.4 Å². The fourth-order valence-electron chi connectivity index (χ4n) is 1.09. The first-order valence-corrected chi connectivity index (χ1v) is 3.77. The van der Waals surface area contributed by atoms with Gasteiger partial charge in [0.15, 0.2) is 0 Å². The average molecular weight is 159 g/mol. The standard InChI is InChI=1S/C10H9NO/c1-7(2)10-5-8-6-11-4-3-9(8)12-10/h3-6H,1H2,2H3. The van der Waals surface area contributed by atoms with Crippen molar-refractivity contribution in [3.8, 4) is 0 Å². The lowest BCUT2D eigenvalue weighted by atomic mass is 10.2. The van der Waals surface area contributed by atoms with Crippen LogP contribution in [-0.4, -0.2) is 4.98 Å². The number of furan rings is 1. The van der Waals surface area contributed by atoms with Gasteiger partial charge in [0, 0.05) is 17.8 Å². The van der Waals surface area contributed by atoms with Crippen LogP contribution in [0.2, 0.25) is 0 Å². The maximum absolute atomic E-state index is 5.49. The molecular formula is C10H9NO. The van der Waals surface area contributed by atoms with Gasteiger partial charge >= 0.3 is 0 Å². The highest BCUT2D eigenvalue weighted by molar-refractivity contribution is 5.80. The average Bonchev–Trinajstić information content (AvgIpc) is 2.46. The maximum Gasteiger partial charge on any atom is 0.137 e. The van der Waals surface area contributed by atoms with Crippen molar-refractivity contribution >= 4 is 16.5 Å². The second-order valence-corrected chi connectivity index (χ2v) is 2.80. The van der Waals surface area contributed by atoms with Crippen LogP contribution in [0.3, 0.4) is 0 Å². The molecule has 0 radical (unpaired) electrons. The van der Waals surface area contributed by atoms with E-state index in [2.05, 4.69) is 11.6 Å². The minimum absolute atomic E-state index is 0.831. The molecule has 0 saturated carbocycles. The number of hydrogen-bond acceptors (Lipinski definition) is 2. The molecule has 12 heavy (non-hydrogen) atoms. The molecule has 2 aromatic rings. The third kappa shape index (κ3) is 1.01. The van der Waals surface area contributed by atoms with Gasteiger partial charge < -0.3 is 4.42 Å². The highest BCUT2D eigenvalue weighted by Crippen LogP contribution is 2.21. The van der Waals surface area contributed by atoms with Crippen LogP contribution in [-0.2, 0) is 0 Å². The van der Waals surface area contributed by atoms with Crippen molar-refractivity contribution in [2.24, 2.45) is 0 Å². The van der Waals surface area contributed by atoms with Gasteiger partial charge in [-0.25, -0.2) is 0 Å². The van der Waals surface area contributed by atoms with E-state index < -0.39 is 0 Å². The molecule has 0 unspecified atom stereocenters. The van der Waals surface area contributed by atoms with Gasteiger partial charge in [-0.3, -0.25) is 4.98 Å². The second kappa shape index (κ2) is 2.48. The molecule has 0 fully saturated rings. The second-order valence-electron chi connectivity index (χ2n) is 2.80. The molecule has 0 N–H and O–H groups in total. The molecule has 0 amide bonds. The Balaban J connectivity index is 2.70. The number of allylic oxidation sites excluding steroid dienone is 1. The quantitative estimate of drug-likeness (QED) is 0.639. The van der Waals surface area contributed by atoms with Gasteiger partial charge in [0.05, 0.1) is 0 Å². The van der Waals surface area contributed by atoms with Crippen LogP contribution in [0.1, 0.15) is 12.7 Å². The Labute approximate surface area is 70.5 Å². The smallest absolute Gasteiger partial charge is 0.137 e. The summed E-state index contributed by atoms with van der Waals surface area (Å²) in [6, 6.07) is 3.80. The zero-order valence-electron chi connectivity index (χ0n) is 6.87. The maximum atomic E-state index is 5.49. The highest BCUT2D eigenvalue weighted by atomic mass is 16.3. The molecule has 0 saturated heterocycles. The van der Waals surface area contributed by atoms with Crippen LogP contribution in [0.5, 0.6) is 0 Å². The molecule has 2 heterocycles. The number of pyridine rings is 1. The molecule has 0 aromatic carbocycles. The van der Waals surface area contributed by atoms with Crippen molar-refractivity contribution in [3.63, 3.8) is 0 Å². The molecule has 0 aliphatic carbocycles. The fourth-order valence-corrected chi connectivity index (χ4v) is 1.09. The third-order valence-corrected chi connectivity index (χ3v) is 1.74. The van der Waals surface area contributed by atoms with Crippen molar-refractivity contribution in [2.45, 2.75) is 6.92 Å². The van der Waals surface area contributed by atoms with E-state index in [0.29, 0.717) is 0 Å². The predicted octanol–water partition coefficient (Wildman–Crippen LogP) is 2.86. The molecule has 2 rings (SSSR count). The lowest BCUT2D eigenvalue weighted by molar-refractivity contribution is 0.599. The fraction of sp³-hybridized carbons (Fsp3) is 0.100. The number of aromatic nitrogens is 1. The van der Waals surface area contributed by atoms with E-state index in [1.807, 2.05) is 19.1 Å². The first-order valence-electron chi connectivity index (χ1n) is 3.77. The summed E-state index contributed by atoms with van der Waals surface area (Å²) in [5, 5.41) is 1.02. The SMILES string of the molecule is C=C(C)c1cc2cnccc2o1. The Morgan fingerprint density at radius 1 is 1.58 bits per heavy atom. The third-order valence-electron chi connectivity index (χ3n) is 1.74. The van der Waals surface area contributed by atoms with E-state index >= 15 is 0 Å². The van der Waals surface area contributed by atoms with Gasteiger partial charge in [0.1, 0.15) is 11.3 Å². The summed E-state index contributed by atoms with van der Waals surface area (Å²) in [4.78, 5) is 4.00. The highest BCUT2D eigenvalue weighted by Gasteiger charge is 2.02. The normalized spacial score (nSPS) is 10.4. The number of fused-ring (bicyclic) bond motifs is 1. The first kappa shape index (κ1) is 7.10. The van der Waals surface area contributed by atoms with Crippen LogP contribution in [0.4, 0.5) is 0 Å². The van der Waals surface area contributed by atoms with Crippen molar-refractivity contribution < 1.29 is 4.42 Å². The topological polar surface area (TPSA) is 26.0 Å². The van der Waals surface area contributed by atoms with E-state index in [4.69, 9.17) is 4.42 Å². The summed E-state index contributed by atoms with van der Waals surface area (Å²) in [5.41, 5.74) is 1.80. The minimum atomic E-state index is 0.831. The van der Waals surface area contributed by atoms with Crippen LogP contribution in [0, 0.1) is 0 Å². The molecule has 0 atom stereocenters. The zero-order chi connectivity index (χ0) is 8.55. The Hall–Kier alpha value is -1.57. The molecular weight excluding hydrogens is 150 g/mol. The molecule has 0 aliphatic rings. The van der Waals surface area contributed by atoms with Crippen molar-refractivity contribution in [2.75, 3.05) is 0 Å². The minimum Gasteiger partial charge on any atom is -0.456 e. The Morgan fingerprint density at radius 3 is 3.08 bits per heavy atom. The lowest BCUT2D eigenvalue weighted by Crippen LogP contribution is -1.66. The van der Waals surface area contributed by atoms with Crippen LogP contribution in [0.25, 0.3) is 16.5 Å². The monoisotopic (exact) mass is 159 g/mol. The molecule has 2 aromatic heterocycles. The van der Waals surface area contributed by atoms with Crippen LogP contribution >= 0.6 is 0 Å².